The summed E-state index contributed by atoms with van der Waals surface area (Å²) in [5.74, 6) is -4.91. The number of rotatable bonds is 6. The van der Waals surface area contributed by atoms with E-state index in [1.54, 1.807) is 6.08 Å². The summed E-state index contributed by atoms with van der Waals surface area (Å²) in [7, 11) is 0. The Balaban J connectivity index is 3.16. The normalized spacial score (nSPS) is 22.7. The highest BCUT2D eigenvalue weighted by molar-refractivity contribution is 5.99. The van der Waals surface area contributed by atoms with Crippen LogP contribution in [-0.4, -0.2) is 35.6 Å². The van der Waals surface area contributed by atoms with Crippen LogP contribution in [-0.2, 0) is 28.7 Å². The minimum atomic E-state index is -1.58. The first-order chi connectivity index (χ1) is 10.9. The van der Waals surface area contributed by atoms with E-state index in [4.69, 9.17) is 0 Å². The van der Waals surface area contributed by atoms with Crippen LogP contribution in [0, 0.1) is 11.3 Å². The zero-order chi connectivity index (χ0) is 17.5. The van der Waals surface area contributed by atoms with Gasteiger partial charge in [-0.25, -0.2) is 9.59 Å². The van der Waals surface area contributed by atoms with Crippen LogP contribution in [0.15, 0.2) is 37.5 Å². The van der Waals surface area contributed by atoms with Gasteiger partial charge in [0.15, 0.2) is 0 Å². The molecule has 1 aliphatic rings. The van der Waals surface area contributed by atoms with Crippen LogP contribution >= 0.6 is 0 Å². The minimum Gasteiger partial charge on any atom is -0.396 e. The molecule has 0 spiro atoms. The van der Waals surface area contributed by atoms with Crippen molar-refractivity contribution in [2.24, 2.45) is 11.3 Å². The van der Waals surface area contributed by atoms with Crippen LogP contribution in [0.3, 0.4) is 0 Å². The van der Waals surface area contributed by atoms with Crippen LogP contribution in [0.2, 0.25) is 0 Å². The number of hydrogen-bond donors (Lipinski definition) is 1. The fourth-order valence-electron chi connectivity index (χ4n) is 2.45. The summed E-state index contributed by atoms with van der Waals surface area (Å²) in [6.45, 7) is 5.95. The van der Waals surface area contributed by atoms with Crippen molar-refractivity contribution in [2.75, 3.05) is 6.61 Å². The van der Waals surface area contributed by atoms with Gasteiger partial charge in [0.25, 0.3) is 0 Å². The summed E-state index contributed by atoms with van der Waals surface area (Å²) in [4.78, 5) is 47.1. The number of esters is 4. The third-order valence-electron chi connectivity index (χ3n) is 3.58. The summed E-state index contributed by atoms with van der Waals surface area (Å²) < 4.78 is 9.23. The van der Waals surface area contributed by atoms with Crippen molar-refractivity contribution >= 4 is 23.9 Å². The maximum Gasteiger partial charge on any atom is 0.337 e. The Kier molecular flexibility index (Phi) is 6.59. The largest absolute Gasteiger partial charge is 0.396 e. The predicted octanol–water partition coefficient (Wildman–Crippen LogP) is 0.833. The Morgan fingerprint density at radius 3 is 2.35 bits per heavy atom. The quantitative estimate of drug-likeness (QED) is 0.334. The molecule has 0 radical (unpaired) electrons. The molecule has 0 heterocycles. The molecule has 2 atom stereocenters. The molecular weight excluding hydrogens is 304 g/mol. The maximum absolute atomic E-state index is 12.4. The fourth-order valence-corrected chi connectivity index (χ4v) is 2.45. The highest BCUT2D eigenvalue weighted by atomic mass is 16.6. The number of hydrogen-bond acceptors (Lipinski definition) is 7. The molecule has 1 N–H and O–H groups in total. The van der Waals surface area contributed by atoms with Crippen LogP contribution < -0.4 is 0 Å². The first-order valence-corrected chi connectivity index (χ1v) is 6.96. The summed E-state index contributed by atoms with van der Waals surface area (Å²) in [5.41, 5.74) is -1.58. The highest BCUT2D eigenvalue weighted by Crippen LogP contribution is 2.42. The molecule has 0 amide bonds. The van der Waals surface area contributed by atoms with Gasteiger partial charge in [-0.15, -0.1) is 0 Å². The topological polar surface area (TPSA) is 107 Å². The SMILES string of the molecule is C=CC(=O)OC(=O)C1CCC=CC1(CCO)C(=O)OC(=O)C=C. The van der Waals surface area contributed by atoms with Gasteiger partial charge in [-0.05, 0) is 19.3 Å². The zero-order valence-electron chi connectivity index (χ0n) is 12.5. The van der Waals surface area contributed by atoms with Gasteiger partial charge in [0.1, 0.15) is 5.41 Å². The third kappa shape index (κ3) is 4.23. The van der Waals surface area contributed by atoms with E-state index in [2.05, 4.69) is 22.6 Å². The lowest BCUT2D eigenvalue weighted by Crippen LogP contribution is -2.46. The Morgan fingerprint density at radius 2 is 1.78 bits per heavy atom. The van der Waals surface area contributed by atoms with E-state index in [9.17, 15) is 24.3 Å². The van der Waals surface area contributed by atoms with Crippen molar-refractivity contribution in [1.82, 2.24) is 0 Å². The lowest BCUT2D eigenvalue weighted by molar-refractivity contribution is -0.175. The summed E-state index contributed by atoms with van der Waals surface area (Å²) in [6.07, 6.45) is 5.21. The Labute approximate surface area is 133 Å². The molecule has 7 nitrogen and oxygen atoms in total. The van der Waals surface area contributed by atoms with Gasteiger partial charge in [0, 0.05) is 18.8 Å². The molecule has 0 bridgehead atoms. The van der Waals surface area contributed by atoms with Gasteiger partial charge in [0.2, 0.25) is 0 Å². The van der Waals surface area contributed by atoms with Crippen LogP contribution in [0.1, 0.15) is 19.3 Å². The first kappa shape index (κ1) is 18.5. The van der Waals surface area contributed by atoms with Gasteiger partial charge in [-0.3, -0.25) is 9.59 Å². The van der Waals surface area contributed by atoms with Crippen LogP contribution in [0.4, 0.5) is 0 Å². The summed E-state index contributed by atoms with van der Waals surface area (Å²) in [5, 5.41) is 9.27. The molecule has 0 saturated carbocycles. The Hall–Kier alpha value is -2.54. The second kappa shape index (κ2) is 8.19. The predicted molar refractivity (Wildman–Crippen MR) is 78.6 cm³/mol. The van der Waals surface area contributed by atoms with E-state index in [0.29, 0.717) is 6.42 Å². The molecule has 0 saturated heterocycles. The zero-order valence-corrected chi connectivity index (χ0v) is 12.5. The number of allylic oxidation sites excluding steroid dienone is 1. The smallest absolute Gasteiger partial charge is 0.337 e. The van der Waals surface area contributed by atoms with E-state index in [1.807, 2.05) is 0 Å². The lowest BCUT2D eigenvalue weighted by Gasteiger charge is -2.36. The number of ether oxygens (including phenoxy) is 2. The monoisotopic (exact) mass is 322 g/mol. The fraction of sp³-hybridized carbons (Fsp3) is 0.375. The third-order valence-corrected chi connectivity index (χ3v) is 3.58. The van der Waals surface area contributed by atoms with Crippen molar-refractivity contribution in [3.63, 3.8) is 0 Å². The number of aliphatic hydroxyl groups is 1. The van der Waals surface area contributed by atoms with Crippen molar-refractivity contribution in [2.45, 2.75) is 19.3 Å². The Bertz CT molecular complexity index is 561. The van der Waals surface area contributed by atoms with E-state index < -0.39 is 41.8 Å². The van der Waals surface area contributed by atoms with Gasteiger partial charge in [-0.2, -0.15) is 0 Å². The van der Waals surface area contributed by atoms with Gasteiger partial charge in [0.05, 0.1) is 5.92 Å². The number of carbonyl (C=O) groups excluding carboxylic acids is 4. The molecule has 1 rings (SSSR count). The lowest BCUT2D eigenvalue weighted by atomic mass is 9.68. The molecule has 2 unspecified atom stereocenters. The molecule has 0 aromatic carbocycles. The highest BCUT2D eigenvalue weighted by Gasteiger charge is 2.50. The van der Waals surface area contributed by atoms with E-state index in [0.717, 1.165) is 12.2 Å². The second-order valence-electron chi connectivity index (χ2n) is 4.90. The van der Waals surface area contributed by atoms with Gasteiger partial charge in [-0.1, -0.05) is 25.3 Å². The van der Waals surface area contributed by atoms with Gasteiger partial charge >= 0.3 is 23.9 Å². The second-order valence-corrected chi connectivity index (χ2v) is 4.90. The van der Waals surface area contributed by atoms with Crippen LogP contribution in [0.25, 0.3) is 0 Å². The van der Waals surface area contributed by atoms with Crippen molar-refractivity contribution in [3.05, 3.63) is 37.5 Å². The summed E-state index contributed by atoms with van der Waals surface area (Å²) in [6, 6.07) is 0. The molecule has 1 aliphatic carbocycles. The van der Waals surface area contributed by atoms with Crippen LogP contribution in [0.5, 0.6) is 0 Å². The minimum absolute atomic E-state index is 0.158. The van der Waals surface area contributed by atoms with E-state index >= 15 is 0 Å². The molecule has 0 fully saturated rings. The standard InChI is InChI=1S/C16H18O7/c1-3-12(18)22-14(20)11-7-5-6-8-16(11,9-10-17)15(21)23-13(19)4-2/h3-4,6,8,11,17H,1-2,5,7,9-10H2. The average Bonchev–Trinajstić information content (AvgIpc) is 2.54. The molecule has 0 aliphatic heterocycles. The van der Waals surface area contributed by atoms with Crippen molar-refractivity contribution in [1.29, 1.82) is 0 Å². The van der Waals surface area contributed by atoms with Crippen molar-refractivity contribution in [3.8, 4) is 0 Å². The Morgan fingerprint density at radius 1 is 1.17 bits per heavy atom. The molecule has 124 valence electrons. The van der Waals surface area contributed by atoms with E-state index in [-0.39, 0.29) is 12.8 Å². The van der Waals surface area contributed by atoms with E-state index in [1.165, 1.54) is 6.08 Å². The summed E-state index contributed by atoms with van der Waals surface area (Å²) >= 11 is 0. The van der Waals surface area contributed by atoms with Gasteiger partial charge < -0.3 is 14.6 Å². The maximum atomic E-state index is 12.4. The molecular formula is C16H18O7. The molecule has 7 heteroatoms. The first-order valence-electron chi connectivity index (χ1n) is 6.96. The molecule has 0 aromatic rings. The van der Waals surface area contributed by atoms with Crippen molar-refractivity contribution < 1.29 is 33.8 Å². The number of carbonyl (C=O) groups is 4. The molecule has 0 aromatic heterocycles. The number of aliphatic hydroxyl groups excluding tert-OH is 1. The average molecular weight is 322 g/mol. The molecule has 23 heavy (non-hydrogen) atoms.